The maximum atomic E-state index is 11.8. The summed E-state index contributed by atoms with van der Waals surface area (Å²) in [6, 6.07) is 0. The van der Waals surface area contributed by atoms with Crippen LogP contribution in [0.15, 0.2) is 15.9 Å². The van der Waals surface area contributed by atoms with Gasteiger partial charge >= 0.3 is 29.2 Å². The number of fused-ring (bicyclic) bond motifs is 1. The van der Waals surface area contributed by atoms with E-state index in [1.54, 1.807) is 0 Å². The summed E-state index contributed by atoms with van der Waals surface area (Å²) in [7, 11) is -16.8. The van der Waals surface area contributed by atoms with E-state index < -0.39 is 65.9 Å². The van der Waals surface area contributed by atoms with Gasteiger partial charge < -0.3 is 34.5 Å². The Morgan fingerprint density at radius 1 is 1.03 bits per heavy atom. The molecule has 0 bridgehead atoms. The molecule has 0 aliphatic carbocycles. The monoisotopic (exact) mass is 524 g/mol. The van der Waals surface area contributed by atoms with Gasteiger partial charge in [-0.1, -0.05) is 0 Å². The number of hydrogen-bond acceptors (Lipinski definition) is 12. The van der Waals surface area contributed by atoms with Crippen LogP contribution in [0.25, 0.3) is 11.2 Å². The van der Waals surface area contributed by atoms with Crippen LogP contribution in [0, 0.1) is 0 Å². The van der Waals surface area contributed by atoms with Crippen LogP contribution in [0.2, 0.25) is 0 Å². The number of imidazole rings is 1. The van der Waals surface area contributed by atoms with Crippen molar-refractivity contribution in [2.75, 3.05) is 6.61 Å². The molecule has 0 amide bonds. The smallest absolute Gasteiger partial charge is 0.387 e. The summed E-state index contributed by atoms with van der Waals surface area (Å²) in [6.07, 6.45) is -5.54. The minimum Gasteiger partial charge on any atom is -0.387 e. The molecule has 0 saturated carbocycles. The van der Waals surface area contributed by atoms with Gasteiger partial charge in [0.2, 0.25) is 0 Å². The van der Waals surface area contributed by atoms with Crippen molar-refractivity contribution in [3.8, 4) is 0 Å². The number of aliphatic hydroxyl groups is 2. The van der Waals surface area contributed by atoms with Crippen molar-refractivity contribution < 1.29 is 61.4 Å². The molecule has 1 aliphatic heterocycles. The predicted molar refractivity (Wildman–Crippen MR) is 96.7 cm³/mol. The molecule has 22 heteroatoms. The van der Waals surface area contributed by atoms with Gasteiger partial charge in [-0.2, -0.15) is 8.62 Å². The summed E-state index contributed by atoms with van der Waals surface area (Å²) in [4.78, 5) is 66.7. The highest BCUT2D eigenvalue weighted by molar-refractivity contribution is 7.66. The van der Waals surface area contributed by atoms with Crippen LogP contribution in [0.1, 0.15) is 6.23 Å². The van der Waals surface area contributed by atoms with Crippen molar-refractivity contribution in [1.82, 2.24) is 19.5 Å². The molecule has 32 heavy (non-hydrogen) atoms. The number of phosphoric acid groups is 3. The molecule has 1 fully saturated rings. The van der Waals surface area contributed by atoms with E-state index in [1.165, 1.54) is 0 Å². The fourth-order valence-electron chi connectivity index (χ4n) is 2.71. The number of rotatable bonds is 8. The lowest BCUT2D eigenvalue weighted by atomic mass is 10.1. The molecule has 3 rings (SSSR count). The number of H-pyrrole nitrogens is 2. The van der Waals surface area contributed by atoms with Crippen LogP contribution in [0.4, 0.5) is 0 Å². The molecule has 180 valence electrons. The van der Waals surface area contributed by atoms with Gasteiger partial charge in [0.05, 0.1) is 12.9 Å². The average molecular weight is 524 g/mol. The van der Waals surface area contributed by atoms with E-state index in [9.17, 15) is 38.4 Å². The van der Waals surface area contributed by atoms with E-state index in [4.69, 9.17) is 19.4 Å². The zero-order chi connectivity index (χ0) is 24.1. The van der Waals surface area contributed by atoms with Crippen LogP contribution >= 0.6 is 23.5 Å². The third-order valence-electron chi connectivity index (χ3n) is 3.90. The topological polar surface area (TPSA) is 293 Å². The minimum atomic E-state index is -5.75. The summed E-state index contributed by atoms with van der Waals surface area (Å²) in [5.41, 5.74) is -2.16. The molecule has 0 spiro atoms. The zero-order valence-electron chi connectivity index (χ0n) is 15.2. The highest BCUT2D eigenvalue weighted by atomic mass is 31.3. The van der Waals surface area contributed by atoms with Crippen molar-refractivity contribution in [2.45, 2.75) is 24.5 Å². The molecule has 0 radical (unpaired) electrons. The minimum absolute atomic E-state index is 0.177. The number of nitrogens with one attached hydrogen (secondary N) is 2. The van der Waals surface area contributed by atoms with Crippen LogP contribution in [-0.2, 0) is 31.6 Å². The van der Waals surface area contributed by atoms with E-state index in [0.29, 0.717) is 0 Å². The van der Waals surface area contributed by atoms with Crippen LogP contribution in [0.3, 0.4) is 0 Å². The average Bonchev–Trinajstić information content (AvgIpc) is 3.12. The normalized spacial score (nSPS) is 27.9. The summed E-state index contributed by atoms with van der Waals surface area (Å²) in [5.74, 6) is 0. The van der Waals surface area contributed by atoms with Crippen molar-refractivity contribution in [1.29, 1.82) is 0 Å². The SMILES string of the molecule is O=c1[nH]c(=O)c2ncn(C3O[C@H](COP(=O)(O)OP(=O)(O)OP(=O)(O)O)[C@H](O)[C@H]3O)c2[nH]1. The standard InChI is InChI=1S/C10H15N4O15P3/c15-5-3(1-26-31(22,23)29-32(24,25)28-30(19,20)21)27-9(6(5)16)14-2-11-4-7(14)12-10(18)13-8(4)17/h2-3,5-6,9,15-16H,1H2,(H,22,23)(H,24,25)(H2,19,20,21)(H2,12,13,17,18)/t3-,5+,6-,9?/m1/s1. The summed E-state index contributed by atoms with van der Waals surface area (Å²) < 4.78 is 51.4. The van der Waals surface area contributed by atoms with Crippen LogP contribution in [0.5, 0.6) is 0 Å². The maximum Gasteiger partial charge on any atom is 0.490 e. The molecule has 1 saturated heterocycles. The first kappa shape index (κ1) is 25.1. The lowest BCUT2D eigenvalue weighted by Crippen LogP contribution is -2.33. The first-order chi connectivity index (χ1) is 14.6. The maximum absolute atomic E-state index is 11.8. The first-order valence-electron chi connectivity index (χ1n) is 8.08. The molecular weight excluding hydrogens is 509 g/mol. The predicted octanol–water partition coefficient (Wildman–Crippen LogP) is -2.62. The second-order valence-corrected chi connectivity index (χ2v) is 10.6. The molecule has 19 nitrogen and oxygen atoms in total. The molecular formula is C10H15N4O15P3. The molecule has 3 unspecified atom stereocenters. The van der Waals surface area contributed by atoms with E-state index in [-0.39, 0.29) is 11.2 Å². The number of hydrogen-bond donors (Lipinski definition) is 8. The second kappa shape index (κ2) is 8.66. The van der Waals surface area contributed by atoms with Crippen molar-refractivity contribution in [3.63, 3.8) is 0 Å². The molecule has 2 aromatic heterocycles. The van der Waals surface area contributed by atoms with E-state index in [1.807, 2.05) is 4.98 Å². The Balaban J connectivity index is 1.73. The number of nitrogens with zero attached hydrogens (tertiary/aromatic N) is 2. The summed E-state index contributed by atoms with van der Waals surface area (Å²) in [5, 5.41) is 20.3. The van der Waals surface area contributed by atoms with E-state index >= 15 is 0 Å². The van der Waals surface area contributed by atoms with E-state index in [2.05, 4.69) is 23.1 Å². The largest absolute Gasteiger partial charge is 0.490 e. The first-order valence-corrected chi connectivity index (χ1v) is 12.6. The lowest BCUT2D eigenvalue weighted by molar-refractivity contribution is -0.0503. The fraction of sp³-hybridized carbons (Fsp3) is 0.500. The number of phosphoric ester groups is 1. The number of aromatic nitrogens is 4. The fourth-order valence-corrected chi connectivity index (χ4v) is 5.74. The number of aliphatic hydroxyl groups excluding tert-OH is 2. The Bertz CT molecular complexity index is 1260. The zero-order valence-corrected chi connectivity index (χ0v) is 17.9. The van der Waals surface area contributed by atoms with E-state index in [0.717, 1.165) is 10.9 Å². The highest BCUT2D eigenvalue weighted by Gasteiger charge is 2.46. The molecule has 2 aromatic rings. The van der Waals surface area contributed by atoms with Crippen molar-refractivity contribution in [2.24, 2.45) is 0 Å². The molecule has 3 heterocycles. The highest BCUT2D eigenvalue weighted by Crippen LogP contribution is 2.66. The van der Waals surface area contributed by atoms with Gasteiger partial charge in [-0.05, 0) is 0 Å². The van der Waals surface area contributed by atoms with Gasteiger partial charge in [0, 0.05) is 0 Å². The van der Waals surface area contributed by atoms with Gasteiger partial charge in [0.15, 0.2) is 11.7 Å². The van der Waals surface area contributed by atoms with Gasteiger partial charge in [0.25, 0.3) is 5.56 Å². The molecule has 0 aromatic carbocycles. The Labute approximate surface area is 174 Å². The number of ether oxygens (including phenoxy) is 1. The molecule has 6 atom stereocenters. The van der Waals surface area contributed by atoms with Gasteiger partial charge in [-0.3, -0.25) is 23.9 Å². The third kappa shape index (κ3) is 5.67. The second-order valence-electron chi connectivity index (χ2n) is 6.19. The Morgan fingerprint density at radius 3 is 2.31 bits per heavy atom. The Morgan fingerprint density at radius 2 is 1.69 bits per heavy atom. The third-order valence-corrected chi connectivity index (χ3v) is 7.70. The Hall–Kier alpha value is -1.56. The van der Waals surface area contributed by atoms with Gasteiger partial charge in [0.1, 0.15) is 24.0 Å². The summed E-state index contributed by atoms with van der Waals surface area (Å²) in [6.45, 7) is -1.04. The molecule has 1 aliphatic rings. The van der Waals surface area contributed by atoms with Gasteiger partial charge in [-0.15, -0.1) is 0 Å². The van der Waals surface area contributed by atoms with Crippen LogP contribution in [-0.4, -0.2) is 74.2 Å². The van der Waals surface area contributed by atoms with Gasteiger partial charge in [-0.25, -0.2) is 23.5 Å². The summed E-state index contributed by atoms with van der Waals surface area (Å²) >= 11 is 0. The lowest BCUT2D eigenvalue weighted by Gasteiger charge is -2.19. The van der Waals surface area contributed by atoms with Crippen molar-refractivity contribution >= 4 is 34.6 Å². The molecule has 8 N–H and O–H groups in total. The Kier molecular flexibility index (Phi) is 6.78. The van der Waals surface area contributed by atoms with Crippen molar-refractivity contribution in [3.05, 3.63) is 27.2 Å². The quantitative estimate of drug-likeness (QED) is 0.164. The number of aromatic amines is 2. The van der Waals surface area contributed by atoms with Crippen LogP contribution < -0.4 is 11.2 Å².